The zero-order valence-electron chi connectivity index (χ0n) is 23.0. The highest BCUT2D eigenvalue weighted by Crippen LogP contribution is 2.50. The summed E-state index contributed by atoms with van der Waals surface area (Å²) >= 11 is 1.04. The lowest BCUT2D eigenvalue weighted by Crippen LogP contribution is -2.62. The Labute approximate surface area is 241 Å². The van der Waals surface area contributed by atoms with Gasteiger partial charge in [-0.05, 0) is 45.2 Å². The van der Waals surface area contributed by atoms with Crippen molar-refractivity contribution >= 4 is 38.4 Å². The number of ether oxygens (including phenoxy) is 3. The van der Waals surface area contributed by atoms with Crippen molar-refractivity contribution in [1.82, 2.24) is 9.29 Å². The number of benzene rings is 1. The van der Waals surface area contributed by atoms with Gasteiger partial charge in [-0.2, -0.15) is 4.31 Å². The van der Waals surface area contributed by atoms with Gasteiger partial charge in [0.25, 0.3) is 10.0 Å². The Bertz CT molecular complexity index is 1540. The number of thiophene rings is 1. The number of methoxy groups -OCH3 is 1. The molecule has 0 unspecified atom stereocenters. The number of aromatic nitrogens is 1. The average molecular weight is 606 g/mol. The minimum atomic E-state index is -4.59. The minimum Gasteiger partial charge on any atom is -0.496 e. The number of carbonyl (C=O) groups is 2. The van der Waals surface area contributed by atoms with Gasteiger partial charge in [0.2, 0.25) is 5.89 Å². The van der Waals surface area contributed by atoms with Gasteiger partial charge in [-0.1, -0.05) is 18.2 Å². The van der Waals surface area contributed by atoms with Crippen molar-refractivity contribution < 1.29 is 41.7 Å². The molecule has 12 nitrogen and oxygen atoms in total. The smallest absolute Gasteiger partial charge is 0.340 e. The highest BCUT2D eigenvalue weighted by Gasteiger charge is 2.54. The second-order valence-electron chi connectivity index (χ2n) is 10.2. The fourth-order valence-corrected chi connectivity index (χ4v) is 8.68. The number of para-hydroxylation sites is 1. The van der Waals surface area contributed by atoms with Gasteiger partial charge in [0, 0.05) is 18.8 Å². The van der Waals surface area contributed by atoms with Crippen LogP contribution in [0.4, 0.5) is 9.80 Å². The van der Waals surface area contributed by atoms with Crippen LogP contribution in [0.25, 0.3) is 10.8 Å². The van der Waals surface area contributed by atoms with Crippen LogP contribution < -0.4 is 9.64 Å². The van der Waals surface area contributed by atoms with Gasteiger partial charge in [0.15, 0.2) is 5.54 Å². The summed E-state index contributed by atoms with van der Waals surface area (Å²) in [5.74, 6) is -0.751. The van der Waals surface area contributed by atoms with Crippen molar-refractivity contribution in [3.8, 4) is 16.5 Å². The molecular formula is C27H31N3O9S2. The highest BCUT2D eigenvalue weighted by atomic mass is 32.2. The van der Waals surface area contributed by atoms with E-state index < -0.39 is 33.7 Å². The van der Waals surface area contributed by atoms with Crippen molar-refractivity contribution in [2.45, 2.75) is 56.3 Å². The quantitative estimate of drug-likeness (QED) is 0.371. The first-order valence-corrected chi connectivity index (χ1v) is 15.2. The van der Waals surface area contributed by atoms with Gasteiger partial charge < -0.3 is 23.7 Å². The summed E-state index contributed by atoms with van der Waals surface area (Å²) in [4.78, 5) is 32.1. The summed E-state index contributed by atoms with van der Waals surface area (Å²) in [7, 11) is -3.06. The second kappa shape index (κ2) is 11.1. The Morgan fingerprint density at radius 3 is 2.61 bits per heavy atom. The first-order chi connectivity index (χ1) is 19.5. The lowest BCUT2D eigenvalue weighted by Gasteiger charge is -2.42. The Balaban J connectivity index is 1.68. The SMILES string of the molecule is COc1ccccc1[C@H](CN1C(=O)N(C(C)(C)C(=O)O)S(=O)(=O)c2c1sc(-c1ncco1)c2C)OC1CCOCC1. The number of carboxylic acids is 1. The summed E-state index contributed by atoms with van der Waals surface area (Å²) in [5, 5.41) is 10.1. The first-order valence-electron chi connectivity index (χ1n) is 13.0. The van der Waals surface area contributed by atoms with E-state index in [2.05, 4.69) is 4.98 Å². The van der Waals surface area contributed by atoms with Crippen LogP contribution in [-0.4, -0.2) is 73.3 Å². The number of carboxylic acid groups (broad SMARTS) is 1. The van der Waals surface area contributed by atoms with Crippen LogP contribution in [0.3, 0.4) is 0 Å². The maximum Gasteiger partial charge on any atom is 0.340 e. The summed E-state index contributed by atoms with van der Waals surface area (Å²) in [5.41, 5.74) is -1.13. The summed E-state index contributed by atoms with van der Waals surface area (Å²) < 4.78 is 51.5. The molecule has 2 aliphatic heterocycles. The molecule has 2 aliphatic rings. The predicted molar refractivity (Wildman–Crippen MR) is 149 cm³/mol. The minimum absolute atomic E-state index is 0.115. The van der Waals surface area contributed by atoms with Crippen LogP contribution >= 0.6 is 11.3 Å². The molecule has 4 heterocycles. The molecule has 220 valence electrons. The number of hydrogen-bond donors (Lipinski definition) is 1. The molecule has 5 rings (SSSR count). The van der Waals surface area contributed by atoms with E-state index in [0.717, 1.165) is 11.3 Å². The van der Waals surface area contributed by atoms with E-state index in [1.165, 1.54) is 38.3 Å². The number of amides is 2. The maximum absolute atomic E-state index is 14.1. The third-order valence-corrected chi connectivity index (χ3v) is 10.8. The number of anilines is 1. The lowest BCUT2D eigenvalue weighted by atomic mass is 10.1. The average Bonchev–Trinajstić information content (AvgIpc) is 3.59. The number of fused-ring (bicyclic) bond motifs is 1. The molecular weight excluding hydrogens is 574 g/mol. The fraction of sp³-hybridized carbons (Fsp3) is 0.444. The number of rotatable bonds is 9. The number of nitrogens with zero attached hydrogens (tertiary/aromatic N) is 3. The van der Waals surface area contributed by atoms with Gasteiger partial charge >= 0.3 is 12.0 Å². The molecule has 1 fully saturated rings. The third kappa shape index (κ3) is 5.09. The van der Waals surface area contributed by atoms with Gasteiger partial charge in [-0.15, -0.1) is 11.3 Å². The van der Waals surface area contributed by atoms with Gasteiger partial charge in [0.1, 0.15) is 28.0 Å². The molecule has 1 saturated heterocycles. The summed E-state index contributed by atoms with van der Waals surface area (Å²) in [6.45, 7) is 4.89. The van der Waals surface area contributed by atoms with Crippen molar-refractivity contribution in [2.75, 3.05) is 31.8 Å². The van der Waals surface area contributed by atoms with Gasteiger partial charge in [0.05, 0.1) is 30.8 Å². The molecule has 1 aromatic carbocycles. The standard InChI is InChI=1S/C27H31N3O9S2/c1-16-21(23-28-11-14-38-23)40-24-22(16)41(34,35)30(27(2,3)25(31)32)26(33)29(24)15-20(39-17-9-12-37-13-10-17)18-7-5-6-8-19(18)36-4/h5-8,11,14,17,20H,9-10,12-13,15H2,1-4H3,(H,31,32)/t20-/m0/s1. The second-order valence-corrected chi connectivity index (χ2v) is 13.0. The third-order valence-electron chi connectivity index (χ3n) is 7.24. The fourth-order valence-electron chi connectivity index (χ4n) is 5.04. The van der Waals surface area contributed by atoms with E-state index in [4.69, 9.17) is 18.6 Å². The van der Waals surface area contributed by atoms with E-state index >= 15 is 0 Å². The molecule has 2 amide bonds. The van der Waals surface area contributed by atoms with E-state index in [-0.39, 0.29) is 28.4 Å². The van der Waals surface area contributed by atoms with Crippen LogP contribution in [0.5, 0.6) is 5.75 Å². The van der Waals surface area contributed by atoms with E-state index in [9.17, 15) is 23.1 Å². The molecule has 41 heavy (non-hydrogen) atoms. The summed E-state index contributed by atoms with van der Waals surface area (Å²) in [6, 6.07) is 6.24. The molecule has 0 radical (unpaired) electrons. The molecule has 2 aromatic heterocycles. The van der Waals surface area contributed by atoms with Crippen LogP contribution in [0.15, 0.2) is 46.0 Å². The summed E-state index contributed by atoms with van der Waals surface area (Å²) in [6.07, 6.45) is 3.16. The van der Waals surface area contributed by atoms with Crippen molar-refractivity contribution in [3.63, 3.8) is 0 Å². The molecule has 14 heteroatoms. The van der Waals surface area contributed by atoms with Crippen molar-refractivity contribution in [3.05, 3.63) is 47.9 Å². The normalized spacial score (nSPS) is 18.3. The maximum atomic E-state index is 14.1. The first kappa shape index (κ1) is 29.0. The van der Waals surface area contributed by atoms with Crippen molar-refractivity contribution in [2.24, 2.45) is 0 Å². The largest absolute Gasteiger partial charge is 0.496 e. The van der Waals surface area contributed by atoms with E-state index in [0.29, 0.717) is 52.1 Å². The highest BCUT2D eigenvalue weighted by molar-refractivity contribution is 7.90. The van der Waals surface area contributed by atoms with E-state index in [1.54, 1.807) is 13.0 Å². The number of aliphatic carboxylic acids is 1. The number of sulfonamides is 1. The Morgan fingerprint density at radius 1 is 1.27 bits per heavy atom. The zero-order valence-corrected chi connectivity index (χ0v) is 24.7. The predicted octanol–water partition coefficient (Wildman–Crippen LogP) is 4.45. The molecule has 3 aromatic rings. The van der Waals surface area contributed by atoms with Crippen LogP contribution in [0.2, 0.25) is 0 Å². The van der Waals surface area contributed by atoms with Crippen molar-refractivity contribution in [1.29, 1.82) is 0 Å². The number of carbonyl (C=O) groups excluding carboxylic acids is 1. The van der Waals surface area contributed by atoms with Gasteiger partial charge in [-0.3, -0.25) is 4.90 Å². The molecule has 0 aliphatic carbocycles. The lowest BCUT2D eigenvalue weighted by molar-refractivity contribution is -0.145. The van der Waals surface area contributed by atoms with E-state index in [1.807, 2.05) is 18.2 Å². The topological polar surface area (TPSA) is 149 Å². The molecule has 0 saturated carbocycles. The molecule has 0 bridgehead atoms. The number of hydrogen-bond acceptors (Lipinski definition) is 10. The van der Waals surface area contributed by atoms with Crippen LogP contribution in [-0.2, 0) is 24.3 Å². The number of oxazole rings is 1. The molecule has 1 atom stereocenters. The Kier molecular flexibility index (Phi) is 7.85. The molecule has 0 spiro atoms. The monoisotopic (exact) mass is 605 g/mol. The van der Waals surface area contributed by atoms with Crippen LogP contribution in [0, 0.1) is 6.92 Å². The zero-order chi connectivity index (χ0) is 29.5. The molecule has 1 N–H and O–H groups in total. The number of urea groups is 1. The van der Waals surface area contributed by atoms with Gasteiger partial charge in [-0.25, -0.2) is 23.0 Å². The van der Waals surface area contributed by atoms with Crippen LogP contribution in [0.1, 0.15) is 43.9 Å². The Hall–Kier alpha value is -3.46. The Morgan fingerprint density at radius 2 is 1.98 bits per heavy atom.